The first kappa shape index (κ1) is 26.6. The number of amides is 1. The molecule has 0 radical (unpaired) electrons. The number of methoxy groups -OCH3 is 1. The van der Waals surface area contributed by atoms with Crippen LogP contribution in [-0.4, -0.2) is 24.3 Å². The van der Waals surface area contributed by atoms with Crippen molar-refractivity contribution in [2.45, 2.75) is 53.1 Å². The first-order valence-corrected chi connectivity index (χ1v) is 13.6. The average Bonchev–Trinajstić information content (AvgIpc) is 3.23. The van der Waals surface area contributed by atoms with Crippen LogP contribution in [-0.2, 0) is 17.6 Å². The molecule has 1 fully saturated rings. The molecule has 6 heteroatoms. The summed E-state index contributed by atoms with van der Waals surface area (Å²) in [6.07, 6.45) is 4.79. The minimum absolute atomic E-state index is 0.0860. The summed E-state index contributed by atoms with van der Waals surface area (Å²) in [4.78, 5) is 20.8. The second kappa shape index (κ2) is 12.2. The number of aliphatic imine (C=N–C) groups is 1. The van der Waals surface area contributed by atoms with Crippen molar-refractivity contribution in [1.82, 2.24) is 0 Å². The van der Waals surface area contributed by atoms with Gasteiger partial charge in [-0.3, -0.25) is 9.69 Å². The molecule has 1 aliphatic rings. The van der Waals surface area contributed by atoms with Crippen LogP contribution in [0.5, 0.6) is 11.5 Å². The molecule has 0 N–H and O–H groups in total. The molecule has 0 aliphatic carbocycles. The smallest absolute Gasteiger partial charge is 0.271 e. The van der Waals surface area contributed by atoms with E-state index in [4.69, 9.17) is 14.5 Å². The summed E-state index contributed by atoms with van der Waals surface area (Å²) >= 11 is 1.38. The van der Waals surface area contributed by atoms with E-state index in [0.717, 1.165) is 36.2 Å². The molecule has 0 saturated carbocycles. The highest BCUT2D eigenvalue weighted by molar-refractivity contribution is 8.19. The van der Waals surface area contributed by atoms with Crippen molar-refractivity contribution in [1.29, 1.82) is 0 Å². The average molecular weight is 515 g/mol. The van der Waals surface area contributed by atoms with Crippen LogP contribution in [0.2, 0.25) is 0 Å². The van der Waals surface area contributed by atoms with Crippen LogP contribution >= 0.6 is 11.8 Å². The number of hydrogen-bond donors (Lipinski definition) is 0. The highest BCUT2D eigenvalue weighted by atomic mass is 32.2. The molecule has 0 unspecified atom stereocenters. The number of thioether (sulfide) groups is 1. The summed E-state index contributed by atoms with van der Waals surface area (Å²) in [6.45, 7) is 8.36. The second-order valence-electron chi connectivity index (χ2n) is 8.93. The molecule has 3 aromatic rings. The number of carbonyl (C=O) groups excluding carboxylic acids is 1. The molecule has 0 spiro atoms. The number of aryl methyl sites for hydroxylation is 2. The zero-order valence-corrected chi connectivity index (χ0v) is 23.0. The summed E-state index contributed by atoms with van der Waals surface area (Å²) in [5.74, 6) is 1.24. The molecule has 1 heterocycles. The number of rotatable bonds is 9. The third kappa shape index (κ3) is 6.25. The fourth-order valence-electron chi connectivity index (χ4n) is 3.90. The minimum Gasteiger partial charge on any atom is -0.493 e. The highest BCUT2D eigenvalue weighted by Crippen LogP contribution is 2.38. The van der Waals surface area contributed by atoms with Crippen molar-refractivity contribution in [2.24, 2.45) is 4.99 Å². The van der Waals surface area contributed by atoms with Crippen molar-refractivity contribution >= 4 is 40.3 Å². The Morgan fingerprint density at radius 3 is 2.16 bits per heavy atom. The topological polar surface area (TPSA) is 51.1 Å². The number of hydrogen-bond acceptors (Lipinski definition) is 5. The van der Waals surface area contributed by atoms with Gasteiger partial charge in [0.1, 0.15) is 0 Å². The Morgan fingerprint density at radius 2 is 1.57 bits per heavy atom. The maximum Gasteiger partial charge on any atom is 0.271 e. The van der Waals surface area contributed by atoms with Crippen molar-refractivity contribution in [2.75, 3.05) is 12.0 Å². The Balaban J connectivity index is 1.70. The molecule has 4 rings (SSSR count). The fourth-order valence-corrected chi connectivity index (χ4v) is 4.90. The Morgan fingerprint density at radius 1 is 0.919 bits per heavy atom. The molecule has 0 aromatic heterocycles. The second-order valence-corrected chi connectivity index (χ2v) is 9.94. The number of carbonyl (C=O) groups is 1. The van der Waals surface area contributed by atoms with Gasteiger partial charge in [-0.25, -0.2) is 4.99 Å². The van der Waals surface area contributed by atoms with Crippen LogP contribution in [0.3, 0.4) is 0 Å². The normalized spacial score (nSPS) is 16.5. The van der Waals surface area contributed by atoms with Gasteiger partial charge in [-0.15, -0.1) is 0 Å². The molecule has 37 heavy (non-hydrogen) atoms. The lowest BCUT2D eigenvalue weighted by Gasteiger charge is -2.16. The standard InChI is InChI=1S/C31H34N2O3S/c1-6-21(4)36-27-18-13-24(19-28(27)35-5)20-29-30(34)33(26-16-11-23(8-3)12-17-26)31(37-29)32-25-14-9-22(7-2)10-15-25/h9-21H,6-8H2,1-5H3/b29-20-,32-31?/t21-/m1/s1. The van der Waals surface area contributed by atoms with Gasteiger partial charge in [0.25, 0.3) is 5.91 Å². The largest absolute Gasteiger partial charge is 0.493 e. The molecule has 1 atom stereocenters. The predicted molar refractivity (Wildman–Crippen MR) is 155 cm³/mol. The molecular weight excluding hydrogens is 480 g/mol. The fraction of sp³-hybridized carbons (Fsp3) is 0.290. The molecule has 0 bridgehead atoms. The minimum atomic E-state index is -0.0999. The van der Waals surface area contributed by atoms with E-state index >= 15 is 0 Å². The van der Waals surface area contributed by atoms with E-state index in [1.807, 2.05) is 55.5 Å². The van der Waals surface area contributed by atoms with Crippen molar-refractivity contribution in [3.63, 3.8) is 0 Å². The summed E-state index contributed by atoms with van der Waals surface area (Å²) in [7, 11) is 1.63. The van der Waals surface area contributed by atoms with Gasteiger partial charge in [-0.2, -0.15) is 0 Å². The third-order valence-electron chi connectivity index (χ3n) is 6.37. The van der Waals surface area contributed by atoms with Crippen LogP contribution in [0.1, 0.15) is 50.8 Å². The van der Waals surface area contributed by atoms with Gasteiger partial charge in [0.05, 0.1) is 29.5 Å². The van der Waals surface area contributed by atoms with Gasteiger partial charge in [-0.1, -0.05) is 51.1 Å². The van der Waals surface area contributed by atoms with Gasteiger partial charge < -0.3 is 9.47 Å². The molecule has 1 amide bonds. The SMILES string of the molecule is CCc1ccc(N=C2S/C(=C\c3ccc(O[C@H](C)CC)c(OC)c3)C(=O)N2c2ccc(CC)cc2)cc1. The molecular formula is C31H34N2O3S. The molecule has 3 aromatic carbocycles. The van der Waals surface area contributed by atoms with Crippen molar-refractivity contribution < 1.29 is 14.3 Å². The first-order chi connectivity index (χ1) is 17.9. The van der Waals surface area contributed by atoms with Crippen LogP contribution in [0.15, 0.2) is 76.6 Å². The zero-order chi connectivity index (χ0) is 26.4. The number of ether oxygens (including phenoxy) is 2. The molecule has 1 aliphatic heterocycles. The van der Waals surface area contributed by atoms with E-state index in [0.29, 0.717) is 21.6 Å². The molecule has 192 valence electrons. The summed E-state index contributed by atoms with van der Waals surface area (Å²) in [6, 6.07) is 22.0. The van der Waals surface area contributed by atoms with E-state index in [1.165, 1.54) is 22.9 Å². The summed E-state index contributed by atoms with van der Waals surface area (Å²) in [5, 5.41) is 0.633. The molecule has 1 saturated heterocycles. The lowest BCUT2D eigenvalue weighted by atomic mass is 10.1. The third-order valence-corrected chi connectivity index (χ3v) is 7.34. The van der Waals surface area contributed by atoms with E-state index < -0.39 is 0 Å². The number of benzene rings is 3. The monoisotopic (exact) mass is 514 g/mol. The highest BCUT2D eigenvalue weighted by Gasteiger charge is 2.34. The molecule has 5 nitrogen and oxygen atoms in total. The van der Waals surface area contributed by atoms with Gasteiger partial charge >= 0.3 is 0 Å². The Hall–Kier alpha value is -3.51. The number of anilines is 1. The van der Waals surface area contributed by atoms with Crippen LogP contribution < -0.4 is 14.4 Å². The van der Waals surface area contributed by atoms with E-state index in [1.54, 1.807) is 12.0 Å². The van der Waals surface area contributed by atoms with Gasteiger partial charge in [0.2, 0.25) is 0 Å². The number of amidine groups is 1. The van der Waals surface area contributed by atoms with Crippen LogP contribution in [0.4, 0.5) is 11.4 Å². The van der Waals surface area contributed by atoms with E-state index in [9.17, 15) is 4.79 Å². The van der Waals surface area contributed by atoms with Crippen LogP contribution in [0, 0.1) is 0 Å². The Labute approximate surface area is 224 Å². The lowest BCUT2D eigenvalue weighted by Crippen LogP contribution is -2.28. The lowest BCUT2D eigenvalue weighted by molar-refractivity contribution is -0.113. The Kier molecular flexibility index (Phi) is 8.72. The maximum atomic E-state index is 13.7. The summed E-state index contributed by atoms with van der Waals surface area (Å²) in [5.41, 5.74) is 4.95. The van der Waals surface area contributed by atoms with Gasteiger partial charge in [0.15, 0.2) is 16.7 Å². The number of nitrogens with zero attached hydrogens (tertiary/aromatic N) is 2. The van der Waals surface area contributed by atoms with Crippen molar-refractivity contribution in [3.05, 3.63) is 88.3 Å². The maximum absolute atomic E-state index is 13.7. The van der Waals surface area contributed by atoms with Crippen LogP contribution in [0.25, 0.3) is 6.08 Å². The Bertz CT molecular complexity index is 1300. The zero-order valence-electron chi connectivity index (χ0n) is 22.2. The van der Waals surface area contributed by atoms with Gasteiger partial charge in [0, 0.05) is 0 Å². The van der Waals surface area contributed by atoms with Gasteiger partial charge in [-0.05, 0) is 97.1 Å². The predicted octanol–water partition coefficient (Wildman–Crippen LogP) is 7.81. The van der Waals surface area contributed by atoms with E-state index in [-0.39, 0.29) is 12.0 Å². The van der Waals surface area contributed by atoms with Crippen molar-refractivity contribution in [3.8, 4) is 11.5 Å². The quantitative estimate of drug-likeness (QED) is 0.273. The van der Waals surface area contributed by atoms with E-state index in [2.05, 4.69) is 45.0 Å². The first-order valence-electron chi connectivity index (χ1n) is 12.8. The summed E-state index contributed by atoms with van der Waals surface area (Å²) < 4.78 is 11.6.